The highest BCUT2D eigenvalue weighted by Gasteiger charge is 2.17. The van der Waals surface area contributed by atoms with Gasteiger partial charge in [-0.3, -0.25) is 4.99 Å². The average molecular weight is 315 g/mol. The van der Waals surface area contributed by atoms with Crippen LogP contribution in [0.1, 0.15) is 25.0 Å². The van der Waals surface area contributed by atoms with Crippen LogP contribution in [0.4, 0.5) is 0 Å². The Bertz CT molecular complexity index is 954. The second kappa shape index (κ2) is 6.67. The lowest BCUT2D eigenvalue weighted by atomic mass is 10.0. The average Bonchev–Trinajstić information content (AvgIpc) is 2.93. The molecule has 120 valence electrons. The van der Waals surface area contributed by atoms with E-state index in [1.54, 1.807) is 6.08 Å². The summed E-state index contributed by atoms with van der Waals surface area (Å²) in [5.74, 6) is 0. The molecule has 0 radical (unpaired) electrons. The van der Waals surface area contributed by atoms with E-state index in [1.165, 1.54) is 5.56 Å². The van der Waals surface area contributed by atoms with Crippen molar-refractivity contribution in [1.82, 2.24) is 9.61 Å². The molecule has 3 aromatic rings. The minimum absolute atomic E-state index is 0.878. The largest absolute Gasteiger partial charge is 0.258 e. The number of fused-ring (bicyclic) bond motifs is 1. The topological polar surface area (TPSA) is 29.7 Å². The molecule has 24 heavy (non-hydrogen) atoms. The molecule has 0 saturated carbocycles. The molecular formula is C21H21N3. The SMILES string of the molecule is C=C/C=C(\N=C(C)C)c1c(-c2cccc(C)c2)nn2ccccc12. The molecule has 2 heterocycles. The Morgan fingerprint density at radius 3 is 2.71 bits per heavy atom. The van der Waals surface area contributed by atoms with Crippen LogP contribution < -0.4 is 0 Å². The fourth-order valence-electron chi connectivity index (χ4n) is 2.77. The van der Waals surface area contributed by atoms with E-state index in [0.29, 0.717) is 0 Å². The zero-order valence-corrected chi connectivity index (χ0v) is 14.3. The number of nitrogens with zero attached hydrogens (tertiary/aromatic N) is 3. The highest BCUT2D eigenvalue weighted by Crippen LogP contribution is 2.33. The van der Waals surface area contributed by atoms with E-state index in [1.807, 2.05) is 42.8 Å². The molecule has 0 fully saturated rings. The molecule has 0 N–H and O–H groups in total. The van der Waals surface area contributed by atoms with Crippen LogP contribution in [-0.4, -0.2) is 15.3 Å². The summed E-state index contributed by atoms with van der Waals surface area (Å²) in [6, 6.07) is 14.5. The maximum atomic E-state index is 4.81. The van der Waals surface area contributed by atoms with Gasteiger partial charge in [-0.05, 0) is 45.0 Å². The number of aromatic nitrogens is 2. The molecule has 0 saturated heterocycles. The summed E-state index contributed by atoms with van der Waals surface area (Å²) in [4.78, 5) is 4.72. The molecule has 0 aliphatic heterocycles. The van der Waals surface area contributed by atoms with Gasteiger partial charge in [-0.25, -0.2) is 4.52 Å². The summed E-state index contributed by atoms with van der Waals surface area (Å²) < 4.78 is 1.91. The standard InChI is InChI=1S/C21H21N3/c1-5-9-18(22-15(2)3)20-19-12-6-7-13-24(19)23-21(20)17-11-8-10-16(4)14-17/h5-14H,1H2,2-4H3/b18-9-. The summed E-state index contributed by atoms with van der Waals surface area (Å²) in [6.07, 6.45) is 5.68. The smallest absolute Gasteiger partial charge is 0.103 e. The van der Waals surface area contributed by atoms with Crippen LogP contribution in [-0.2, 0) is 0 Å². The van der Waals surface area contributed by atoms with Crippen molar-refractivity contribution in [2.24, 2.45) is 4.99 Å². The second-order valence-electron chi connectivity index (χ2n) is 5.97. The lowest BCUT2D eigenvalue weighted by Gasteiger charge is -2.06. The van der Waals surface area contributed by atoms with Gasteiger partial charge in [0.15, 0.2) is 0 Å². The Balaban J connectivity index is 2.36. The number of hydrogen-bond acceptors (Lipinski definition) is 2. The lowest BCUT2D eigenvalue weighted by Crippen LogP contribution is -1.90. The maximum absolute atomic E-state index is 4.81. The number of pyridine rings is 1. The van der Waals surface area contributed by atoms with Crippen molar-refractivity contribution in [1.29, 1.82) is 0 Å². The third kappa shape index (κ3) is 3.06. The van der Waals surface area contributed by atoms with Gasteiger partial charge in [-0.1, -0.05) is 42.5 Å². The van der Waals surface area contributed by atoms with Crippen molar-refractivity contribution < 1.29 is 0 Å². The van der Waals surface area contributed by atoms with Gasteiger partial charge in [0.1, 0.15) is 5.69 Å². The fourth-order valence-corrected chi connectivity index (χ4v) is 2.77. The molecule has 0 spiro atoms. The third-order valence-electron chi connectivity index (χ3n) is 3.71. The summed E-state index contributed by atoms with van der Waals surface area (Å²) >= 11 is 0. The molecule has 1 aromatic carbocycles. The van der Waals surface area contributed by atoms with Crippen molar-refractivity contribution in [3.8, 4) is 11.3 Å². The van der Waals surface area contributed by atoms with E-state index in [4.69, 9.17) is 10.1 Å². The number of benzene rings is 1. The molecule has 0 atom stereocenters. The van der Waals surface area contributed by atoms with Crippen LogP contribution in [0.3, 0.4) is 0 Å². The van der Waals surface area contributed by atoms with Crippen LogP contribution in [0.2, 0.25) is 0 Å². The summed E-state index contributed by atoms with van der Waals surface area (Å²) in [6.45, 7) is 9.92. The van der Waals surface area contributed by atoms with Crippen molar-refractivity contribution in [2.45, 2.75) is 20.8 Å². The van der Waals surface area contributed by atoms with Gasteiger partial charge in [-0.15, -0.1) is 0 Å². The molecule has 0 aliphatic rings. The first-order chi connectivity index (χ1) is 11.6. The molecule has 2 aromatic heterocycles. The summed E-state index contributed by atoms with van der Waals surface area (Å²) in [5, 5.41) is 4.81. The Morgan fingerprint density at radius 2 is 2.00 bits per heavy atom. The highest BCUT2D eigenvalue weighted by molar-refractivity contribution is 5.94. The number of aliphatic imine (C=N–C) groups is 1. The molecule has 0 aliphatic carbocycles. The monoisotopic (exact) mass is 315 g/mol. The van der Waals surface area contributed by atoms with E-state index in [2.05, 4.69) is 43.8 Å². The van der Waals surface area contributed by atoms with E-state index in [-0.39, 0.29) is 0 Å². The second-order valence-corrected chi connectivity index (χ2v) is 5.97. The van der Waals surface area contributed by atoms with E-state index >= 15 is 0 Å². The van der Waals surface area contributed by atoms with Gasteiger partial charge in [0.2, 0.25) is 0 Å². The molecule has 3 rings (SSSR count). The van der Waals surface area contributed by atoms with Crippen LogP contribution in [0.25, 0.3) is 22.5 Å². The zero-order chi connectivity index (χ0) is 17.1. The highest BCUT2D eigenvalue weighted by atomic mass is 15.2. The minimum atomic E-state index is 0.878. The van der Waals surface area contributed by atoms with Gasteiger partial charge in [0.25, 0.3) is 0 Å². The van der Waals surface area contributed by atoms with Gasteiger partial charge < -0.3 is 0 Å². The van der Waals surface area contributed by atoms with Crippen LogP contribution in [0.5, 0.6) is 0 Å². The Hall–Kier alpha value is -2.94. The summed E-state index contributed by atoms with van der Waals surface area (Å²) in [7, 11) is 0. The van der Waals surface area contributed by atoms with Gasteiger partial charge in [-0.2, -0.15) is 5.10 Å². The first-order valence-electron chi connectivity index (χ1n) is 7.99. The van der Waals surface area contributed by atoms with E-state index in [9.17, 15) is 0 Å². The van der Waals surface area contributed by atoms with Crippen LogP contribution in [0.15, 0.2) is 72.4 Å². The number of aryl methyl sites for hydroxylation is 1. The van der Waals surface area contributed by atoms with Gasteiger partial charge in [0, 0.05) is 17.5 Å². The Kier molecular flexibility index (Phi) is 4.43. The number of allylic oxidation sites excluding steroid dienone is 2. The van der Waals surface area contributed by atoms with E-state index in [0.717, 1.165) is 33.7 Å². The predicted molar refractivity (Wildman–Crippen MR) is 102 cm³/mol. The number of rotatable bonds is 4. The molecule has 3 nitrogen and oxygen atoms in total. The van der Waals surface area contributed by atoms with Crippen molar-refractivity contribution in [3.05, 3.63) is 78.5 Å². The van der Waals surface area contributed by atoms with Crippen LogP contribution >= 0.6 is 0 Å². The van der Waals surface area contributed by atoms with Gasteiger partial charge in [0.05, 0.1) is 16.8 Å². The maximum Gasteiger partial charge on any atom is 0.103 e. The lowest BCUT2D eigenvalue weighted by molar-refractivity contribution is 0.965. The third-order valence-corrected chi connectivity index (χ3v) is 3.71. The van der Waals surface area contributed by atoms with Gasteiger partial charge >= 0.3 is 0 Å². The Morgan fingerprint density at radius 1 is 1.17 bits per heavy atom. The molecule has 0 unspecified atom stereocenters. The first kappa shape index (κ1) is 15.9. The Labute approximate surface area is 142 Å². The van der Waals surface area contributed by atoms with Crippen molar-refractivity contribution in [3.63, 3.8) is 0 Å². The van der Waals surface area contributed by atoms with Crippen molar-refractivity contribution in [2.75, 3.05) is 0 Å². The fraction of sp³-hybridized carbons (Fsp3) is 0.143. The molecule has 0 bridgehead atoms. The molecule has 3 heteroatoms. The minimum Gasteiger partial charge on any atom is -0.258 e. The molecular weight excluding hydrogens is 294 g/mol. The first-order valence-corrected chi connectivity index (χ1v) is 7.99. The zero-order valence-electron chi connectivity index (χ0n) is 14.3. The van der Waals surface area contributed by atoms with E-state index < -0.39 is 0 Å². The number of hydrogen-bond donors (Lipinski definition) is 0. The quantitative estimate of drug-likeness (QED) is 0.473. The van der Waals surface area contributed by atoms with Crippen molar-refractivity contribution >= 4 is 16.9 Å². The predicted octanol–water partition coefficient (Wildman–Crippen LogP) is 5.32. The summed E-state index contributed by atoms with van der Waals surface area (Å²) in [5.41, 5.74) is 7.17. The normalized spacial score (nSPS) is 11.5. The molecule has 0 amide bonds. The van der Waals surface area contributed by atoms with Crippen LogP contribution in [0, 0.1) is 6.92 Å².